The highest BCUT2D eigenvalue weighted by molar-refractivity contribution is 5.84. The molecule has 4 heterocycles. The fraction of sp³-hybridized carbons (Fsp3) is 0.625. The van der Waals surface area contributed by atoms with Crippen LogP contribution in [0.5, 0.6) is 0 Å². The lowest BCUT2D eigenvalue weighted by Crippen LogP contribution is -2.62. The number of hydrogen-bond acceptors (Lipinski definition) is 9. The number of fused-ring (bicyclic) bond motifs is 1. The normalized spacial score (nSPS) is 17.2. The Morgan fingerprint density at radius 2 is 2.03 bits per heavy atom. The molecule has 1 unspecified atom stereocenters. The number of carboxylic acids is 1. The van der Waals surface area contributed by atoms with Gasteiger partial charge < -0.3 is 31.1 Å². The highest BCUT2D eigenvalue weighted by Gasteiger charge is 2.45. The molecule has 2 aromatic rings. The molecular formula is C24H35N9O5. The number of carboxylic acid groups (broad SMARTS) is 1. The molecule has 38 heavy (non-hydrogen) atoms. The van der Waals surface area contributed by atoms with Crippen molar-refractivity contribution in [1.29, 1.82) is 0 Å². The summed E-state index contributed by atoms with van der Waals surface area (Å²) in [7, 11) is 0. The van der Waals surface area contributed by atoms with E-state index in [4.69, 9.17) is 0 Å². The average Bonchev–Trinajstić information content (AvgIpc) is 3.33. The number of nitrogens with zero attached hydrogens (tertiary/aromatic N) is 6. The number of urea groups is 1. The molecule has 206 valence electrons. The maximum absolute atomic E-state index is 12.6. The van der Waals surface area contributed by atoms with Crippen LogP contribution in [0.2, 0.25) is 0 Å². The van der Waals surface area contributed by atoms with Crippen LogP contribution in [0.25, 0.3) is 0 Å². The van der Waals surface area contributed by atoms with Gasteiger partial charge in [0.2, 0.25) is 5.91 Å². The Morgan fingerprint density at radius 3 is 2.74 bits per heavy atom. The van der Waals surface area contributed by atoms with E-state index in [1.807, 2.05) is 6.07 Å². The van der Waals surface area contributed by atoms with Crippen molar-refractivity contribution >= 4 is 23.7 Å². The zero-order valence-corrected chi connectivity index (χ0v) is 21.5. The van der Waals surface area contributed by atoms with E-state index in [0.29, 0.717) is 12.4 Å². The molecule has 0 aliphatic carbocycles. The van der Waals surface area contributed by atoms with Crippen LogP contribution in [0, 0.1) is 6.92 Å². The van der Waals surface area contributed by atoms with Gasteiger partial charge in [-0.15, -0.1) is 5.10 Å². The number of anilines is 1. The van der Waals surface area contributed by atoms with Gasteiger partial charge in [0, 0.05) is 38.3 Å². The molecule has 0 bridgehead atoms. The van der Waals surface area contributed by atoms with Crippen LogP contribution in [0.3, 0.4) is 0 Å². The number of pyridine rings is 1. The SMILES string of the molecule is Cc1nnnn1CCC(=O)NC(C(=O)O)C1(O)CCN(C(=O)NCCCc2ccc3c(n2)NCCC3)CC1. The third-order valence-electron chi connectivity index (χ3n) is 7.11. The summed E-state index contributed by atoms with van der Waals surface area (Å²) >= 11 is 0. The smallest absolute Gasteiger partial charge is 0.329 e. The van der Waals surface area contributed by atoms with Crippen molar-refractivity contribution in [1.82, 2.24) is 40.7 Å². The van der Waals surface area contributed by atoms with Gasteiger partial charge in [0.05, 0.1) is 12.1 Å². The first kappa shape index (κ1) is 27.2. The third-order valence-corrected chi connectivity index (χ3v) is 7.11. The summed E-state index contributed by atoms with van der Waals surface area (Å²) in [6, 6.07) is 2.39. The zero-order chi connectivity index (χ0) is 27.1. The lowest BCUT2D eigenvalue weighted by molar-refractivity contribution is -0.153. The van der Waals surface area contributed by atoms with Gasteiger partial charge in [-0.05, 0) is 67.5 Å². The molecular weight excluding hydrogens is 494 g/mol. The Morgan fingerprint density at radius 1 is 1.24 bits per heavy atom. The van der Waals surface area contributed by atoms with Crippen molar-refractivity contribution < 1.29 is 24.6 Å². The summed E-state index contributed by atoms with van der Waals surface area (Å²) < 4.78 is 1.43. The molecule has 3 amide bonds. The fourth-order valence-corrected chi connectivity index (χ4v) is 4.79. The van der Waals surface area contributed by atoms with Crippen LogP contribution < -0.4 is 16.0 Å². The topological polar surface area (TPSA) is 187 Å². The highest BCUT2D eigenvalue weighted by Crippen LogP contribution is 2.26. The van der Waals surface area contributed by atoms with E-state index in [-0.39, 0.29) is 44.9 Å². The summed E-state index contributed by atoms with van der Waals surface area (Å²) in [6.45, 7) is 3.62. The number of aliphatic hydroxyl groups is 1. The fourth-order valence-electron chi connectivity index (χ4n) is 4.79. The molecule has 1 saturated heterocycles. The second kappa shape index (κ2) is 12.2. The lowest BCUT2D eigenvalue weighted by atomic mass is 9.84. The number of nitrogens with one attached hydrogen (secondary N) is 3. The monoisotopic (exact) mass is 529 g/mol. The Balaban J connectivity index is 1.20. The van der Waals surface area contributed by atoms with Crippen molar-refractivity contribution in [2.75, 3.05) is 31.5 Å². The Labute approximate surface area is 220 Å². The molecule has 4 rings (SSSR count). The number of amides is 3. The van der Waals surface area contributed by atoms with Gasteiger partial charge in [0.1, 0.15) is 11.6 Å². The molecule has 0 aromatic carbocycles. The maximum Gasteiger partial charge on any atom is 0.329 e. The Bertz CT molecular complexity index is 1150. The highest BCUT2D eigenvalue weighted by atomic mass is 16.4. The molecule has 14 heteroatoms. The van der Waals surface area contributed by atoms with Crippen molar-refractivity contribution in [2.24, 2.45) is 0 Å². The van der Waals surface area contributed by atoms with Crippen molar-refractivity contribution in [2.45, 2.75) is 70.1 Å². The van der Waals surface area contributed by atoms with E-state index < -0.39 is 23.5 Å². The van der Waals surface area contributed by atoms with Gasteiger partial charge in [-0.1, -0.05) is 6.07 Å². The summed E-state index contributed by atoms with van der Waals surface area (Å²) in [6.07, 6.45) is 3.62. The van der Waals surface area contributed by atoms with E-state index in [1.54, 1.807) is 11.8 Å². The summed E-state index contributed by atoms with van der Waals surface area (Å²) in [5.41, 5.74) is 0.544. The number of carbonyl (C=O) groups excluding carboxylic acids is 2. The molecule has 14 nitrogen and oxygen atoms in total. The second-order valence-corrected chi connectivity index (χ2v) is 9.80. The summed E-state index contributed by atoms with van der Waals surface area (Å²) in [4.78, 5) is 43.1. The van der Waals surface area contributed by atoms with Crippen molar-refractivity contribution in [3.63, 3.8) is 0 Å². The number of piperidine rings is 1. The minimum absolute atomic E-state index is 0.0236. The first-order valence-corrected chi connectivity index (χ1v) is 13.0. The number of carbonyl (C=O) groups is 3. The van der Waals surface area contributed by atoms with Crippen LogP contribution in [0.15, 0.2) is 12.1 Å². The van der Waals surface area contributed by atoms with E-state index in [0.717, 1.165) is 43.7 Å². The van der Waals surface area contributed by atoms with Gasteiger partial charge in [0.15, 0.2) is 6.04 Å². The second-order valence-electron chi connectivity index (χ2n) is 9.80. The Kier molecular flexibility index (Phi) is 8.71. The van der Waals surface area contributed by atoms with Crippen molar-refractivity contribution in [3.8, 4) is 0 Å². The number of rotatable bonds is 10. The lowest BCUT2D eigenvalue weighted by Gasteiger charge is -2.41. The van der Waals surface area contributed by atoms with E-state index >= 15 is 0 Å². The minimum Gasteiger partial charge on any atom is -0.480 e. The first-order valence-electron chi connectivity index (χ1n) is 13.0. The van der Waals surface area contributed by atoms with E-state index in [2.05, 4.69) is 42.5 Å². The molecule has 2 aromatic heterocycles. The van der Waals surface area contributed by atoms with Crippen LogP contribution in [-0.4, -0.2) is 96.0 Å². The molecule has 2 aliphatic heterocycles. The van der Waals surface area contributed by atoms with Gasteiger partial charge >= 0.3 is 12.0 Å². The number of aryl methyl sites for hydroxylation is 4. The quantitative estimate of drug-likeness (QED) is 0.259. The predicted molar refractivity (Wildman–Crippen MR) is 135 cm³/mol. The van der Waals surface area contributed by atoms with Crippen LogP contribution in [0.4, 0.5) is 10.6 Å². The molecule has 5 N–H and O–H groups in total. The standard InChI is InChI=1S/C24H35N9O5/c1-16-29-30-31-33(16)13-8-19(34)28-20(22(35)36)24(38)9-14-32(15-10-24)23(37)26-12-3-5-18-7-6-17-4-2-11-25-21(17)27-18/h6-7,20,38H,2-5,8-15H2,1H3,(H,25,27)(H,26,37)(H,28,34)(H,35,36). The van der Waals surface area contributed by atoms with E-state index in [9.17, 15) is 24.6 Å². The molecule has 0 radical (unpaired) electrons. The minimum atomic E-state index is -1.67. The van der Waals surface area contributed by atoms with Gasteiger partial charge in [0.25, 0.3) is 0 Å². The van der Waals surface area contributed by atoms with Gasteiger partial charge in [-0.25, -0.2) is 19.3 Å². The third kappa shape index (κ3) is 6.73. The number of likely N-dealkylation sites (tertiary alicyclic amines) is 1. The largest absolute Gasteiger partial charge is 0.480 e. The van der Waals surface area contributed by atoms with Gasteiger partial charge in [-0.3, -0.25) is 4.79 Å². The number of aromatic nitrogens is 5. The predicted octanol–water partition coefficient (Wildman–Crippen LogP) is -0.137. The van der Waals surface area contributed by atoms with Crippen LogP contribution in [0.1, 0.15) is 49.2 Å². The van der Waals surface area contributed by atoms with Crippen LogP contribution in [-0.2, 0) is 29.0 Å². The molecule has 1 fully saturated rings. The van der Waals surface area contributed by atoms with Gasteiger partial charge in [-0.2, -0.15) is 0 Å². The Hall–Kier alpha value is -3.81. The van der Waals surface area contributed by atoms with E-state index in [1.165, 1.54) is 10.2 Å². The average molecular weight is 530 g/mol. The molecule has 2 aliphatic rings. The first-order chi connectivity index (χ1) is 18.2. The number of aliphatic carboxylic acids is 1. The molecule has 0 saturated carbocycles. The maximum atomic E-state index is 12.6. The number of hydrogen-bond donors (Lipinski definition) is 5. The summed E-state index contributed by atoms with van der Waals surface area (Å²) in [5, 5.41) is 40.4. The molecule has 1 atom stereocenters. The number of tetrazole rings is 1. The molecule has 0 spiro atoms. The zero-order valence-electron chi connectivity index (χ0n) is 21.5. The van der Waals surface area contributed by atoms with Crippen LogP contribution >= 0.6 is 0 Å². The van der Waals surface area contributed by atoms with Crippen molar-refractivity contribution in [3.05, 3.63) is 29.2 Å². The summed E-state index contributed by atoms with van der Waals surface area (Å²) in [5.74, 6) is -0.380.